The molecular formula is C10H11Cl2N3O3. The zero-order valence-electron chi connectivity index (χ0n) is 9.32. The second-order valence-corrected chi connectivity index (χ2v) is 4.20. The Kier molecular flexibility index (Phi) is 5.80. The molecule has 0 unspecified atom stereocenters. The summed E-state index contributed by atoms with van der Waals surface area (Å²) < 4.78 is 0. The lowest BCUT2D eigenvalue weighted by atomic mass is 10.2. The van der Waals surface area contributed by atoms with E-state index in [1.54, 1.807) is 0 Å². The number of aliphatic carboxylic acids is 1. The van der Waals surface area contributed by atoms with Gasteiger partial charge in [0.1, 0.15) is 12.0 Å². The Balaban J connectivity index is 2.43. The number of nitrogens with zero attached hydrogens (tertiary/aromatic N) is 2. The molecule has 0 bridgehead atoms. The quantitative estimate of drug-likeness (QED) is 0.620. The smallest absolute Gasteiger partial charge is 0.303 e. The maximum absolute atomic E-state index is 11.5. The summed E-state index contributed by atoms with van der Waals surface area (Å²) in [5.41, 5.74) is 0.170. The summed E-state index contributed by atoms with van der Waals surface area (Å²) in [6.07, 6.45) is 2.34. The number of carbonyl (C=O) groups excluding carboxylic acids is 1. The van der Waals surface area contributed by atoms with Crippen LogP contribution in [0.4, 0.5) is 5.69 Å². The van der Waals surface area contributed by atoms with Crippen molar-refractivity contribution in [1.29, 1.82) is 0 Å². The van der Waals surface area contributed by atoms with Gasteiger partial charge in [0, 0.05) is 12.8 Å². The van der Waals surface area contributed by atoms with Crippen LogP contribution in [0.15, 0.2) is 6.33 Å². The molecule has 8 heteroatoms. The number of anilines is 1. The van der Waals surface area contributed by atoms with Crippen LogP contribution in [-0.4, -0.2) is 27.0 Å². The highest BCUT2D eigenvalue weighted by molar-refractivity contribution is 6.38. The van der Waals surface area contributed by atoms with Crippen LogP contribution in [0, 0.1) is 0 Å². The van der Waals surface area contributed by atoms with Crippen LogP contribution in [0.5, 0.6) is 0 Å². The standard InChI is InChI=1S/C10H11Cl2N3O3/c11-9-8(10(12)14-5-13-9)15-6(16)3-1-2-4-7(17)18/h5H,1-4H2,(H,15,16)(H,17,18). The molecule has 6 nitrogen and oxygen atoms in total. The van der Waals surface area contributed by atoms with Crippen molar-refractivity contribution in [2.24, 2.45) is 0 Å². The van der Waals surface area contributed by atoms with Gasteiger partial charge in [-0.25, -0.2) is 9.97 Å². The SMILES string of the molecule is O=C(O)CCCCC(=O)Nc1c(Cl)ncnc1Cl. The molecule has 1 amide bonds. The molecule has 1 rings (SSSR count). The summed E-state index contributed by atoms with van der Waals surface area (Å²) in [5, 5.41) is 11.1. The number of carbonyl (C=O) groups is 2. The number of amides is 1. The summed E-state index contributed by atoms with van der Waals surface area (Å²) in [6, 6.07) is 0. The molecular weight excluding hydrogens is 281 g/mol. The van der Waals surface area contributed by atoms with Crippen LogP contribution in [0.25, 0.3) is 0 Å². The third-order valence-electron chi connectivity index (χ3n) is 2.06. The zero-order valence-corrected chi connectivity index (χ0v) is 10.8. The number of carboxylic acid groups (broad SMARTS) is 1. The minimum absolute atomic E-state index is 0.0449. The van der Waals surface area contributed by atoms with Gasteiger partial charge in [0.15, 0.2) is 10.3 Å². The summed E-state index contributed by atoms with van der Waals surface area (Å²) in [5.74, 6) is -1.18. The van der Waals surface area contributed by atoms with Crippen LogP contribution >= 0.6 is 23.2 Å². The van der Waals surface area contributed by atoms with Crippen LogP contribution < -0.4 is 5.32 Å². The van der Waals surface area contributed by atoms with Gasteiger partial charge in [-0.15, -0.1) is 0 Å². The number of unbranched alkanes of at least 4 members (excludes halogenated alkanes) is 1. The minimum atomic E-state index is -0.877. The molecule has 0 fully saturated rings. The van der Waals surface area contributed by atoms with Crippen molar-refractivity contribution in [2.45, 2.75) is 25.7 Å². The Hall–Kier alpha value is -1.40. The van der Waals surface area contributed by atoms with Gasteiger partial charge in [-0.3, -0.25) is 9.59 Å². The van der Waals surface area contributed by atoms with Gasteiger partial charge >= 0.3 is 5.97 Å². The molecule has 0 atom stereocenters. The van der Waals surface area contributed by atoms with E-state index in [2.05, 4.69) is 15.3 Å². The van der Waals surface area contributed by atoms with Crippen LogP contribution in [-0.2, 0) is 9.59 Å². The molecule has 1 heterocycles. The Morgan fingerprint density at radius 1 is 1.17 bits per heavy atom. The first kappa shape index (κ1) is 14.7. The minimum Gasteiger partial charge on any atom is -0.481 e. The van der Waals surface area contributed by atoms with Gasteiger partial charge in [-0.2, -0.15) is 0 Å². The van der Waals surface area contributed by atoms with E-state index >= 15 is 0 Å². The van der Waals surface area contributed by atoms with Crippen molar-refractivity contribution in [2.75, 3.05) is 5.32 Å². The number of aromatic nitrogens is 2. The first-order chi connectivity index (χ1) is 8.50. The van der Waals surface area contributed by atoms with Crippen molar-refractivity contribution < 1.29 is 14.7 Å². The fraction of sp³-hybridized carbons (Fsp3) is 0.400. The molecule has 18 heavy (non-hydrogen) atoms. The molecule has 0 aliphatic rings. The van der Waals surface area contributed by atoms with Crippen molar-refractivity contribution >= 4 is 40.8 Å². The maximum Gasteiger partial charge on any atom is 0.303 e. The fourth-order valence-electron chi connectivity index (χ4n) is 1.21. The van der Waals surface area contributed by atoms with Crippen LogP contribution in [0.3, 0.4) is 0 Å². The lowest BCUT2D eigenvalue weighted by Gasteiger charge is -2.07. The van der Waals surface area contributed by atoms with Crippen molar-refractivity contribution in [3.05, 3.63) is 16.6 Å². The normalized spacial score (nSPS) is 10.1. The van der Waals surface area contributed by atoms with Crippen molar-refractivity contribution in [3.63, 3.8) is 0 Å². The average Bonchev–Trinajstić information content (AvgIpc) is 2.29. The maximum atomic E-state index is 11.5. The summed E-state index contributed by atoms with van der Waals surface area (Å²) in [6.45, 7) is 0. The molecule has 2 N–H and O–H groups in total. The predicted octanol–water partition coefficient (Wildman–Crippen LogP) is 2.37. The lowest BCUT2D eigenvalue weighted by Crippen LogP contribution is -2.13. The van der Waals surface area contributed by atoms with E-state index in [0.717, 1.165) is 0 Å². The molecule has 1 aromatic heterocycles. The molecule has 0 aromatic carbocycles. The number of halogens is 2. The molecule has 0 aliphatic carbocycles. The second-order valence-electron chi connectivity index (χ2n) is 3.48. The Bertz CT molecular complexity index is 434. The van der Waals surface area contributed by atoms with E-state index in [-0.39, 0.29) is 34.7 Å². The van der Waals surface area contributed by atoms with Crippen molar-refractivity contribution in [3.8, 4) is 0 Å². The number of hydrogen-bond donors (Lipinski definition) is 2. The highest BCUT2D eigenvalue weighted by Gasteiger charge is 2.11. The molecule has 0 spiro atoms. The number of nitrogens with one attached hydrogen (secondary N) is 1. The summed E-state index contributed by atoms with van der Waals surface area (Å²) in [7, 11) is 0. The van der Waals surface area contributed by atoms with Gasteiger partial charge < -0.3 is 10.4 Å². The average molecular weight is 292 g/mol. The highest BCUT2D eigenvalue weighted by atomic mass is 35.5. The predicted molar refractivity (Wildman–Crippen MR) is 66.8 cm³/mol. The zero-order chi connectivity index (χ0) is 13.5. The number of rotatable bonds is 6. The number of hydrogen-bond acceptors (Lipinski definition) is 4. The first-order valence-corrected chi connectivity index (χ1v) is 5.94. The van der Waals surface area contributed by atoms with E-state index in [1.807, 2.05) is 0 Å². The monoisotopic (exact) mass is 291 g/mol. The van der Waals surface area contributed by atoms with Crippen molar-refractivity contribution in [1.82, 2.24) is 9.97 Å². The number of carboxylic acids is 1. The lowest BCUT2D eigenvalue weighted by molar-refractivity contribution is -0.137. The van der Waals surface area contributed by atoms with E-state index < -0.39 is 5.97 Å². The third-order valence-corrected chi connectivity index (χ3v) is 2.64. The largest absolute Gasteiger partial charge is 0.481 e. The fourth-order valence-corrected chi connectivity index (χ4v) is 1.62. The van der Waals surface area contributed by atoms with Gasteiger partial charge in [-0.05, 0) is 12.8 Å². The summed E-state index contributed by atoms with van der Waals surface area (Å²) in [4.78, 5) is 29.2. The highest BCUT2D eigenvalue weighted by Crippen LogP contribution is 2.25. The van der Waals surface area contributed by atoms with Gasteiger partial charge in [-0.1, -0.05) is 23.2 Å². The molecule has 0 saturated carbocycles. The topological polar surface area (TPSA) is 92.2 Å². The van der Waals surface area contributed by atoms with Crippen LogP contribution in [0.2, 0.25) is 10.3 Å². The molecule has 98 valence electrons. The molecule has 1 aromatic rings. The van der Waals surface area contributed by atoms with E-state index in [1.165, 1.54) is 6.33 Å². The second kappa shape index (κ2) is 7.13. The molecule has 0 radical (unpaired) electrons. The molecule has 0 saturated heterocycles. The van der Waals surface area contributed by atoms with E-state index in [0.29, 0.717) is 12.8 Å². The van der Waals surface area contributed by atoms with E-state index in [4.69, 9.17) is 28.3 Å². The third kappa shape index (κ3) is 4.85. The van der Waals surface area contributed by atoms with Gasteiger partial charge in [0.2, 0.25) is 5.91 Å². The van der Waals surface area contributed by atoms with Gasteiger partial charge in [0.05, 0.1) is 0 Å². The Morgan fingerprint density at radius 2 is 1.72 bits per heavy atom. The first-order valence-electron chi connectivity index (χ1n) is 5.18. The van der Waals surface area contributed by atoms with Crippen LogP contribution in [0.1, 0.15) is 25.7 Å². The summed E-state index contributed by atoms with van der Waals surface area (Å²) >= 11 is 11.5. The van der Waals surface area contributed by atoms with Gasteiger partial charge in [0.25, 0.3) is 0 Å². The Morgan fingerprint density at radius 3 is 2.28 bits per heavy atom. The van der Waals surface area contributed by atoms with E-state index in [9.17, 15) is 9.59 Å². The molecule has 0 aliphatic heterocycles. The Labute approximate surface area is 113 Å².